The number of hydrogen-bond donors (Lipinski definition) is 1. The van der Waals surface area contributed by atoms with Crippen molar-refractivity contribution in [2.75, 3.05) is 13.2 Å². The van der Waals surface area contributed by atoms with Crippen LogP contribution in [0.25, 0.3) is 0 Å². The molecule has 1 atom stereocenters. The molecule has 0 aromatic rings. The van der Waals surface area contributed by atoms with Gasteiger partial charge in [0.15, 0.2) is 0 Å². The lowest BCUT2D eigenvalue weighted by atomic mass is 9.93. The standard InChI is InChI=1S/C12H19NO4/c14-11(15)6-9-7-13(12(16)17-8-9)10-4-2-1-3-5-10/h9-10H,1-8H2,(H,14,15). The summed E-state index contributed by atoms with van der Waals surface area (Å²) in [5, 5.41) is 8.77. The number of nitrogens with zero attached hydrogens (tertiary/aromatic N) is 1. The molecule has 5 heteroatoms. The maximum atomic E-state index is 11.7. The molecule has 1 saturated carbocycles. The minimum atomic E-state index is -0.823. The van der Waals surface area contributed by atoms with E-state index in [0.29, 0.717) is 6.54 Å². The second-order valence-corrected chi connectivity index (χ2v) is 4.98. The third-order valence-corrected chi connectivity index (χ3v) is 3.61. The Morgan fingerprint density at radius 1 is 1.35 bits per heavy atom. The van der Waals surface area contributed by atoms with Crippen molar-refractivity contribution in [2.24, 2.45) is 5.92 Å². The number of amides is 1. The first-order chi connectivity index (χ1) is 8.16. The largest absolute Gasteiger partial charge is 0.481 e. The number of cyclic esters (lactones) is 1. The number of hydrogen-bond acceptors (Lipinski definition) is 3. The Morgan fingerprint density at radius 2 is 2.06 bits per heavy atom. The highest BCUT2D eigenvalue weighted by Crippen LogP contribution is 2.26. The van der Waals surface area contributed by atoms with E-state index in [1.54, 1.807) is 4.90 Å². The highest BCUT2D eigenvalue weighted by molar-refractivity contribution is 5.70. The van der Waals surface area contributed by atoms with Gasteiger partial charge in [0, 0.05) is 18.5 Å². The van der Waals surface area contributed by atoms with Gasteiger partial charge < -0.3 is 14.7 Å². The smallest absolute Gasteiger partial charge is 0.410 e. The minimum absolute atomic E-state index is 0.0628. The first-order valence-corrected chi connectivity index (χ1v) is 6.32. The van der Waals surface area contributed by atoms with Gasteiger partial charge >= 0.3 is 12.1 Å². The number of rotatable bonds is 3. The zero-order valence-corrected chi connectivity index (χ0v) is 9.93. The van der Waals surface area contributed by atoms with Crippen LogP contribution in [0.2, 0.25) is 0 Å². The third kappa shape index (κ3) is 3.11. The van der Waals surface area contributed by atoms with Crippen molar-refractivity contribution in [3.8, 4) is 0 Å². The lowest BCUT2D eigenvalue weighted by molar-refractivity contribution is -0.139. The van der Waals surface area contributed by atoms with Gasteiger partial charge in [0.1, 0.15) is 0 Å². The van der Waals surface area contributed by atoms with Gasteiger partial charge in [-0.3, -0.25) is 4.79 Å². The molecule has 1 amide bonds. The lowest BCUT2D eigenvalue weighted by Crippen LogP contribution is -2.49. The number of aliphatic carboxylic acids is 1. The van der Waals surface area contributed by atoms with Gasteiger partial charge in [-0.1, -0.05) is 19.3 Å². The third-order valence-electron chi connectivity index (χ3n) is 3.61. The topological polar surface area (TPSA) is 66.8 Å². The molecule has 0 spiro atoms. The number of carboxylic acids is 1. The molecular weight excluding hydrogens is 222 g/mol. The maximum absolute atomic E-state index is 11.7. The van der Waals surface area contributed by atoms with E-state index in [4.69, 9.17) is 9.84 Å². The van der Waals surface area contributed by atoms with Crippen molar-refractivity contribution in [1.29, 1.82) is 0 Å². The van der Waals surface area contributed by atoms with E-state index in [-0.39, 0.29) is 31.1 Å². The number of ether oxygens (including phenoxy) is 1. The molecule has 1 aliphatic heterocycles. The summed E-state index contributed by atoms with van der Waals surface area (Å²) in [5.74, 6) is -0.885. The van der Waals surface area contributed by atoms with Gasteiger partial charge in [-0.25, -0.2) is 4.79 Å². The van der Waals surface area contributed by atoms with Gasteiger partial charge in [0.25, 0.3) is 0 Å². The van der Waals surface area contributed by atoms with Crippen LogP contribution in [-0.4, -0.2) is 41.3 Å². The van der Waals surface area contributed by atoms with Gasteiger partial charge in [0.05, 0.1) is 13.0 Å². The molecule has 1 unspecified atom stereocenters. The van der Waals surface area contributed by atoms with Crippen LogP contribution in [0.4, 0.5) is 4.79 Å². The molecule has 0 radical (unpaired) electrons. The van der Waals surface area contributed by atoms with Crippen LogP contribution in [0.15, 0.2) is 0 Å². The van der Waals surface area contributed by atoms with E-state index < -0.39 is 5.97 Å². The minimum Gasteiger partial charge on any atom is -0.481 e. The number of carbonyl (C=O) groups is 2. The average molecular weight is 241 g/mol. The zero-order valence-electron chi connectivity index (χ0n) is 9.93. The Bertz CT molecular complexity index is 299. The molecule has 96 valence electrons. The Morgan fingerprint density at radius 3 is 2.71 bits per heavy atom. The van der Waals surface area contributed by atoms with Crippen LogP contribution < -0.4 is 0 Å². The van der Waals surface area contributed by atoms with Crippen molar-refractivity contribution < 1.29 is 19.4 Å². The summed E-state index contributed by atoms with van der Waals surface area (Å²) in [4.78, 5) is 24.1. The Labute approximate surface area is 101 Å². The second-order valence-electron chi connectivity index (χ2n) is 4.98. The van der Waals surface area contributed by atoms with Crippen molar-refractivity contribution in [2.45, 2.75) is 44.6 Å². The first kappa shape index (κ1) is 12.2. The van der Waals surface area contributed by atoms with Crippen LogP contribution in [0, 0.1) is 5.92 Å². The molecular formula is C12H19NO4. The van der Waals surface area contributed by atoms with Crippen molar-refractivity contribution >= 4 is 12.1 Å². The first-order valence-electron chi connectivity index (χ1n) is 6.32. The van der Waals surface area contributed by atoms with E-state index in [2.05, 4.69) is 0 Å². The molecule has 1 saturated heterocycles. The molecule has 17 heavy (non-hydrogen) atoms. The second kappa shape index (κ2) is 5.38. The summed E-state index contributed by atoms with van der Waals surface area (Å²) in [5.41, 5.74) is 0. The predicted molar refractivity (Wildman–Crippen MR) is 60.7 cm³/mol. The van der Waals surface area contributed by atoms with Crippen LogP contribution in [-0.2, 0) is 9.53 Å². The fraction of sp³-hybridized carbons (Fsp3) is 0.833. The molecule has 1 N–H and O–H groups in total. The Hall–Kier alpha value is -1.26. The predicted octanol–water partition coefficient (Wildman–Crippen LogP) is 1.86. The molecule has 0 aromatic carbocycles. The highest BCUT2D eigenvalue weighted by atomic mass is 16.6. The van der Waals surface area contributed by atoms with Gasteiger partial charge in [-0.15, -0.1) is 0 Å². The number of carboxylic acid groups (broad SMARTS) is 1. The summed E-state index contributed by atoms with van der Waals surface area (Å²) < 4.78 is 5.08. The number of carbonyl (C=O) groups excluding carboxylic acids is 1. The lowest BCUT2D eigenvalue weighted by Gasteiger charge is -2.38. The zero-order chi connectivity index (χ0) is 12.3. The summed E-state index contributed by atoms with van der Waals surface area (Å²) in [7, 11) is 0. The molecule has 0 bridgehead atoms. The van der Waals surface area contributed by atoms with Crippen molar-refractivity contribution in [3.63, 3.8) is 0 Å². The molecule has 0 aromatic heterocycles. The van der Waals surface area contributed by atoms with Gasteiger partial charge in [-0.2, -0.15) is 0 Å². The van der Waals surface area contributed by atoms with Gasteiger partial charge in [0.2, 0.25) is 0 Å². The summed E-state index contributed by atoms with van der Waals surface area (Å²) in [6.45, 7) is 0.782. The molecule has 2 fully saturated rings. The molecule has 1 heterocycles. The average Bonchev–Trinajstić information content (AvgIpc) is 2.32. The molecule has 1 aliphatic carbocycles. The summed E-state index contributed by atoms with van der Waals surface area (Å²) >= 11 is 0. The van der Waals surface area contributed by atoms with E-state index in [1.807, 2.05) is 0 Å². The normalized spacial score (nSPS) is 26.7. The van der Waals surface area contributed by atoms with Crippen LogP contribution in [0.5, 0.6) is 0 Å². The molecule has 2 aliphatic rings. The van der Waals surface area contributed by atoms with Crippen molar-refractivity contribution in [3.05, 3.63) is 0 Å². The van der Waals surface area contributed by atoms with Crippen LogP contribution in [0.3, 0.4) is 0 Å². The van der Waals surface area contributed by atoms with E-state index in [1.165, 1.54) is 6.42 Å². The van der Waals surface area contributed by atoms with Crippen LogP contribution in [0.1, 0.15) is 38.5 Å². The van der Waals surface area contributed by atoms with E-state index in [0.717, 1.165) is 25.7 Å². The molecule has 2 rings (SSSR count). The van der Waals surface area contributed by atoms with Crippen molar-refractivity contribution in [1.82, 2.24) is 4.90 Å². The fourth-order valence-corrected chi connectivity index (χ4v) is 2.74. The Balaban J connectivity index is 1.93. The summed E-state index contributed by atoms with van der Waals surface area (Å²) in [6.07, 6.45) is 5.40. The van der Waals surface area contributed by atoms with Gasteiger partial charge in [-0.05, 0) is 12.8 Å². The van der Waals surface area contributed by atoms with Crippen LogP contribution >= 0.6 is 0 Å². The molecule has 5 nitrogen and oxygen atoms in total. The highest BCUT2D eigenvalue weighted by Gasteiger charge is 2.33. The monoisotopic (exact) mass is 241 g/mol. The maximum Gasteiger partial charge on any atom is 0.410 e. The quantitative estimate of drug-likeness (QED) is 0.819. The summed E-state index contributed by atoms with van der Waals surface area (Å²) in [6, 6.07) is 0.257. The fourth-order valence-electron chi connectivity index (χ4n) is 2.74. The van der Waals surface area contributed by atoms with E-state index >= 15 is 0 Å². The SMILES string of the molecule is O=C(O)CC1COC(=O)N(C2CCCCC2)C1. The Kier molecular flexibility index (Phi) is 3.86. The van der Waals surface area contributed by atoms with E-state index in [9.17, 15) is 9.59 Å².